The first-order chi connectivity index (χ1) is 8.61. The van der Waals surface area contributed by atoms with Gasteiger partial charge in [0.05, 0.1) is 13.2 Å². The molecule has 98 valence electrons. The predicted molar refractivity (Wildman–Crippen MR) is 62.0 cm³/mol. The van der Waals surface area contributed by atoms with Crippen molar-refractivity contribution in [2.75, 3.05) is 13.7 Å². The Morgan fingerprint density at radius 2 is 2.28 bits per heavy atom. The molecule has 0 aliphatic heterocycles. The van der Waals surface area contributed by atoms with Gasteiger partial charge < -0.3 is 14.6 Å². The maximum absolute atomic E-state index is 13.3. The number of rotatable bonds is 6. The fraction of sp³-hybridized carbons (Fsp3) is 0.462. The Hall–Kier alpha value is -1.62. The Morgan fingerprint density at radius 1 is 1.56 bits per heavy atom. The smallest absolute Gasteiger partial charge is 0.329 e. The van der Waals surface area contributed by atoms with Gasteiger partial charge in [0.25, 0.3) is 0 Å². The van der Waals surface area contributed by atoms with Crippen LogP contribution in [-0.2, 0) is 9.53 Å². The van der Waals surface area contributed by atoms with Gasteiger partial charge in [0, 0.05) is 5.56 Å². The lowest BCUT2D eigenvalue weighted by Gasteiger charge is -2.19. The Labute approximate surface area is 104 Å². The largest absolute Gasteiger partial charge is 0.496 e. The zero-order valence-electron chi connectivity index (χ0n) is 10.1. The second-order valence-electron chi connectivity index (χ2n) is 4.35. The zero-order chi connectivity index (χ0) is 13.1. The maximum Gasteiger partial charge on any atom is 0.329 e. The van der Waals surface area contributed by atoms with Crippen molar-refractivity contribution in [3.8, 4) is 5.75 Å². The van der Waals surface area contributed by atoms with Crippen LogP contribution in [0, 0.1) is 11.7 Å². The van der Waals surface area contributed by atoms with Gasteiger partial charge in [-0.15, -0.1) is 0 Å². The number of aliphatic carboxylic acids is 1. The highest BCUT2D eigenvalue weighted by molar-refractivity contribution is 5.68. The number of ether oxygens (including phenoxy) is 2. The number of benzene rings is 1. The van der Waals surface area contributed by atoms with Crippen LogP contribution in [0.3, 0.4) is 0 Å². The summed E-state index contributed by atoms with van der Waals surface area (Å²) in [6.07, 6.45) is 1.51. The van der Waals surface area contributed by atoms with Gasteiger partial charge >= 0.3 is 5.97 Å². The van der Waals surface area contributed by atoms with Gasteiger partial charge in [-0.25, -0.2) is 9.18 Å². The average Bonchev–Trinajstić information content (AvgIpc) is 3.14. The third-order valence-electron chi connectivity index (χ3n) is 2.93. The third kappa shape index (κ3) is 2.98. The van der Waals surface area contributed by atoms with Gasteiger partial charge in [0.15, 0.2) is 0 Å². The lowest BCUT2D eigenvalue weighted by molar-refractivity contribution is -0.145. The van der Waals surface area contributed by atoms with E-state index in [1.807, 2.05) is 0 Å². The monoisotopic (exact) mass is 254 g/mol. The molecule has 1 aliphatic carbocycles. The first kappa shape index (κ1) is 12.8. The van der Waals surface area contributed by atoms with Gasteiger partial charge in [-0.05, 0) is 37.0 Å². The van der Waals surface area contributed by atoms with Crippen molar-refractivity contribution >= 4 is 5.97 Å². The molecule has 1 N–H and O–H groups in total. The second-order valence-corrected chi connectivity index (χ2v) is 4.35. The Kier molecular flexibility index (Phi) is 3.81. The Bertz CT molecular complexity index is 443. The molecular weight excluding hydrogens is 239 g/mol. The Morgan fingerprint density at radius 3 is 2.83 bits per heavy atom. The molecule has 1 aliphatic rings. The molecule has 0 bridgehead atoms. The molecule has 5 heteroatoms. The van der Waals surface area contributed by atoms with Crippen LogP contribution in [-0.4, -0.2) is 24.8 Å². The molecule has 4 nitrogen and oxygen atoms in total. The van der Waals surface area contributed by atoms with Crippen LogP contribution in [0.5, 0.6) is 5.75 Å². The van der Waals surface area contributed by atoms with Crippen LogP contribution >= 0.6 is 0 Å². The minimum atomic E-state index is -1.03. The standard InChI is InChI=1S/C13H15FO4/c1-17-11-5-4-9(14)6-10(11)13(8-2-3-8)18-7-12(15)16/h4-6,8,13H,2-3,7H2,1H3,(H,15,16). The van der Waals surface area contributed by atoms with Gasteiger partial charge in [0.2, 0.25) is 0 Å². The van der Waals surface area contributed by atoms with E-state index in [9.17, 15) is 9.18 Å². The topological polar surface area (TPSA) is 55.8 Å². The molecule has 1 unspecified atom stereocenters. The summed E-state index contributed by atoms with van der Waals surface area (Å²) < 4.78 is 23.8. The van der Waals surface area contributed by atoms with Crippen molar-refractivity contribution < 1.29 is 23.8 Å². The summed E-state index contributed by atoms with van der Waals surface area (Å²) in [6.45, 7) is -0.388. The number of halogens is 1. The van der Waals surface area contributed by atoms with Crippen LogP contribution in [0.15, 0.2) is 18.2 Å². The van der Waals surface area contributed by atoms with Gasteiger partial charge in [0.1, 0.15) is 18.2 Å². The fourth-order valence-electron chi connectivity index (χ4n) is 1.97. The number of carboxylic acid groups (broad SMARTS) is 1. The van der Waals surface area contributed by atoms with Gasteiger partial charge in [-0.3, -0.25) is 0 Å². The van der Waals surface area contributed by atoms with Crippen molar-refractivity contribution in [3.05, 3.63) is 29.6 Å². The summed E-state index contributed by atoms with van der Waals surface area (Å²) >= 11 is 0. The minimum absolute atomic E-state index is 0.250. The van der Waals surface area contributed by atoms with Crippen molar-refractivity contribution in [2.24, 2.45) is 5.92 Å². The average molecular weight is 254 g/mol. The van der Waals surface area contributed by atoms with Crippen molar-refractivity contribution in [1.82, 2.24) is 0 Å². The van der Waals surface area contributed by atoms with Crippen LogP contribution in [0.25, 0.3) is 0 Å². The number of hydrogen-bond donors (Lipinski definition) is 1. The molecule has 0 amide bonds. The zero-order valence-corrected chi connectivity index (χ0v) is 10.1. The maximum atomic E-state index is 13.3. The molecule has 0 spiro atoms. The van der Waals surface area contributed by atoms with E-state index in [1.165, 1.54) is 25.3 Å². The fourth-order valence-corrected chi connectivity index (χ4v) is 1.97. The SMILES string of the molecule is COc1ccc(F)cc1C(OCC(=O)O)C1CC1. The normalized spacial score (nSPS) is 16.3. The molecule has 1 atom stereocenters. The molecule has 2 rings (SSSR count). The Balaban J connectivity index is 2.23. The molecule has 1 saturated carbocycles. The van der Waals surface area contributed by atoms with E-state index in [2.05, 4.69) is 0 Å². The predicted octanol–water partition coefficient (Wildman–Crippen LogP) is 2.39. The van der Waals surface area contributed by atoms with Gasteiger partial charge in [-0.2, -0.15) is 0 Å². The van der Waals surface area contributed by atoms with Crippen molar-refractivity contribution in [1.29, 1.82) is 0 Å². The first-order valence-corrected chi connectivity index (χ1v) is 5.78. The van der Waals surface area contributed by atoms with E-state index in [0.29, 0.717) is 11.3 Å². The molecule has 0 saturated heterocycles. The highest BCUT2D eigenvalue weighted by Gasteiger charge is 2.35. The first-order valence-electron chi connectivity index (χ1n) is 5.78. The van der Waals surface area contributed by atoms with E-state index in [1.54, 1.807) is 0 Å². The van der Waals surface area contributed by atoms with Crippen LogP contribution in [0.2, 0.25) is 0 Å². The quantitative estimate of drug-likeness (QED) is 0.846. The summed E-state index contributed by atoms with van der Waals surface area (Å²) in [5, 5.41) is 8.66. The van der Waals surface area contributed by atoms with E-state index in [4.69, 9.17) is 14.6 Å². The molecule has 0 heterocycles. The molecule has 1 aromatic carbocycles. The summed E-state index contributed by atoms with van der Waals surface area (Å²) in [7, 11) is 1.50. The summed E-state index contributed by atoms with van der Waals surface area (Å²) in [5.41, 5.74) is 0.584. The van der Waals surface area contributed by atoms with Crippen molar-refractivity contribution in [2.45, 2.75) is 18.9 Å². The molecule has 1 fully saturated rings. The van der Waals surface area contributed by atoms with E-state index in [-0.39, 0.29) is 18.3 Å². The van der Waals surface area contributed by atoms with Crippen molar-refractivity contribution in [3.63, 3.8) is 0 Å². The van der Waals surface area contributed by atoms with E-state index >= 15 is 0 Å². The second kappa shape index (κ2) is 5.35. The highest BCUT2D eigenvalue weighted by Crippen LogP contribution is 2.45. The molecule has 18 heavy (non-hydrogen) atoms. The molecule has 0 radical (unpaired) electrons. The van der Waals surface area contributed by atoms with E-state index < -0.39 is 12.1 Å². The lowest BCUT2D eigenvalue weighted by Crippen LogP contribution is -2.14. The third-order valence-corrected chi connectivity index (χ3v) is 2.93. The number of methoxy groups -OCH3 is 1. The number of hydrogen-bond acceptors (Lipinski definition) is 3. The van der Waals surface area contributed by atoms with Gasteiger partial charge in [-0.1, -0.05) is 0 Å². The highest BCUT2D eigenvalue weighted by atomic mass is 19.1. The summed E-state index contributed by atoms with van der Waals surface area (Å²) in [5.74, 6) is -0.634. The minimum Gasteiger partial charge on any atom is -0.496 e. The van der Waals surface area contributed by atoms with Crippen LogP contribution in [0.1, 0.15) is 24.5 Å². The summed E-state index contributed by atoms with van der Waals surface area (Å²) in [4.78, 5) is 10.6. The van der Waals surface area contributed by atoms with Crippen LogP contribution in [0.4, 0.5) is 4.39 Å². The summed E-state index contributed by atoms with van der Waals surface area (Å²) in [6, 6.07) is 4.19. The van der Waals surface area contributed by atoms with E-state index in [0.717, 1.165) is 12.8 Å². The van der Waals surface area contributed by atoms with Crippen LogP contribution < -0.4 is 4.74 Å². The molecule has 1 aromatic rings. The molecular formula is C13H15FO4. The lowest BCUT2D eigenvalue weighted by atomic mass is 10.0. The number of carbonyl (C=O) groups is 1. The molecule has 0 aromatic heterocycles. The number of carboxylic acids is 1.